The minimum atomic E-state index is -1.11. The van der Waals surface area contributed by atoms with E-state index in [1.54, 1.807) is 6.07 Å². The second kappa shape index (κ2) is 5.87. The smallest absolute Gasteiger partial charge is 0.352 e. The lowest BCUT2D eigenvalue weighted by molar-refractivity contribution is -0.116. The van der Waals surface area contributed by atoms with Crippen molar-refractivity contribution in [2.24, 2.45) is 0 Å². The number of rotatable bonds is 4. The Labute approximate surface area is 122 Å². The van der Waals surface area contributed by atoms with Gasteiger partial charge in [0, 0.05) is 10.7 Å². The number of benzene rings is 1. The molecule has 20 heavy (non-hydrogen) atoms. The number of aromatic nitrogens is 1. The maximum atomic E-state index is 12.9. The van der Waals surface area contributed by atoms with E-state index in [1.165, 1.54) is 35.0 Å². The van der Waals surface area contributed by atoms with Crippen LogP contribution in [0.4, 0.5) is 10.1 Å². The Morgan fingerprint density at radius 1 is 1.35 bits per heavy atom. The second-order valence-corrected chi connectivity index (χ2v) is 4.85. The van der Waals surface area contributed by atoms with E-state index in [-0.39, 0.29) is 12.2 Å². The second-order valence-electron chi connectivity index (χ2n) is 4.00. The van der Waals surface area contributed by atoms with Gasteiger partial charge >= 0.3 is 5.97 Å². The monoisotopic (exact) mass is 340 g/mol. The molecule has 0 atom stereocenters. The Balaban J connectivity index is 2.09. The summed E-state index contributed by atoms with van der Waals surface area (Å²) in [4.78, 5) is 22.8. The molecule has 1 heterocycles. The third-order valence-electron chi connectivity index (χ3n) is 2.57. The van der Waals surface area contributed by atoms with Gasteiger partial charge in [0.25, 0.3) is 0 Å². The molecule has 0 aliphatic heterocycles. The number of aromatic carboxylic acids is 1. The van der Waals surface area contributed by atoms with Crippen molar-refractivity contribution in [1.29, 1.82) is 0 Å². The van der Waals surface area contributed by atoms with Crippen molar-refractivity contribution < 1.29 is 19.1 Å². The molecule has 7 heteroatoms. The third-order valence-corrected chi connectivity index (χ3v) is 3.22. The molecule has 1 aromatic carbocycles. The zero-order valence-corrected chi connectivity index (χ0v) is 11.7. The van der Waals surface area contributed by atoms with Crippen LogP contribution in [0.5, 0.6) is 0 Å². The molecular formula is C13H10BrFN2O3. The fourth-order valence-corrected chi connectivity index (χ4v) is 2.13. The lowest BCUT2D eigenvalue weighted by Gasteiger charge is -2.09. The summed E-state index contributed by atoms with van der Waals surface area (Å²) in [5.41, 5.74) is 0.443. The van der Waals surface area contributed by atoms with Crippen LogP contribution in [-0.2, 0) is 11.3 Å². The molecule has 2 N–H and O–H groups in total. The van der Waals surface area contributed by atoms with Crippen LogP contribution in [-0.4, -0.2) is 21.6 Å². The summed E-state index contributed by atoms with van der Waals surface area (Å²) in [5, 5.41) is 11.5. The summed E-state index contributed by atoms with van der Waals surface area (Å²) < 4.78 is 14.6. The first kappa shape index (κ1) is 14.3. The van der Waals surface area contributed by atoms with Gasteiger partial charge in [0.1, 0.15) is 18.1 Å². The Hall–Kier alpha value is -2.15. The van der Waals surface area contributed by atoms with Crippen molar-refractivity contribution in [3.8, 4) is 0 Å². The molecule has 0 bridgehead atoms. The summed E-state index contributed by atoms with van der Waals surface area (Å²) >= 11 is 3.14. The zero-order chi connectivity index (χ0) is 14.7. The Morgan fingerprint density at radius 3 is 2.75 bits per heavy atom. The molecule has 0 radical (unpaired) electrons. The Morgan fingerprint density at radius 2 is 2.10 bits per heavy atom. The van der Waals surface area contributed by atoms with Gasteiger partial charge < -0.3 is 15.0 Å². The van der Waals surface area contributed by atoms with Crippen LogP contribution in [0.15, 0.2) is 41.0 Å². The minimum absolute atomic E-state index is 0.0262. The Bertz CT molecular complexity index is 669. The van der Waals surface area contributed by atoms with Gasteiger partial charge in [-0.05, 0) is 46.3 Å². The van der Waals surface area contributed by atoms with Gasteiger partial charge in [-0.25, -0.2) is 9.18 Å². The van der Waals surface area contributed by atoms with Crippen molar-refractivity contribution in [2.75, 3.05) is 5.32 Å². The van der Waals surface area contributed by atoms with E-state index in [0.717, 1.165) is 0 Å². The van der Waals surface area contributed by atoms with Crippen LogP contribution in [0.2, 0.25) is 0 Å². The molecule has 1 amide bonds. The first-order valence-corrected chi connectivity index (χ1v) is 6.40. The number of carbonyl (C=O) groups excluding carboxylic acids is 1. The standard InChI is InChI=1S/C13H10BrFN2O3/c14-9-6-8(15)3-4-10(9)16-12(18)7-17-5-1-2-11(17)13(19)20/h1-6H,7H2,(H,16,18)(H,19,20). The van der Waals surface area contributed by atoms with Gasteiger partial charge in [-0.2, -0.15) is 0 Å². The highest BCUT2D eigenvalue weighted by molar-refractivity contribution is 9.10. The van der Waals surface area contributed by atoms with E-state index in [1.807, 2.05) is 0 Å². The van der Waals surface area contributed by atoms with Gasteiger partial charge in [-0.1, -0.05) is 0 Å². The molecular weight excluding hydrogens is 331 g/mol. The van der Waals surface area contributed by atoms with E-state index < -0.39 is 17.7 Å². The normalized spacial score (nSPS) is 10.3. The molecule has 5 nitrogen and oxygen atoms in total. The predicted molar refractivity (Wildman–Crippen MR) is 74.1 cm³/mol. The number of carbonyl (C=O) groups is 2. The largest absolute Gasteiger partial charge is 0.477 e. The molecule has 0 aliphatic rings. The van der Waals surface area contributed by atoms with E-state index in [9.17, 15) is 14.0 Å². The van der Waals surface area contributed by atoms with Crippen LogP contribution < -0.4 is 5.32 Å². The number of carboxylic acids is 1. The number of nitrogens with zero attached hydrogens (tertiary/aromatic N) is 1. The highest BCUT2D eigenvalue weighted by Gasteiger charge is 2.12. The van der Waals surface area contributed by atoms with Crippen molar-refractivity contribution in [3.05, 3.63) is 52.5 Å². The van der Waals surface area contributed by atoms with Crippen molar-refractivity contribution in [1.82, 2.24) is 4.57 Å². The summed E-state index contributed by atoms with van der Waals surface area (Å²) in [6, 6.07) is 6.83. The molecule has 1 aromatic heterocycles. The molecule has 2 aromatic rings. The Kier molecular flexibility index (Phi) is 4.19. The van der Waals surface area contributed by atoms with Gasteiger partial charge in [0.2, 0.25) is 5.91 Å². The minimum Gasteiger partial charge on any atom is -0.477 e. The van der Waals surface area contributed by atoms with Crippen molar-refractivity contribution in [3.63, 3.8) is 0 Å². The van der Waals surface area contributed by atoms with Gasteiger partial charge in [-0.3, -0.25) is 4.79 Å². The van der Waals surface area contributed by atoms with Crippen LogP contribution in [0, 0.1) is 5.82 Å². The highest BCUT2D eigenvalue weighted by Crippen LogP contribution is 2.23. The number of nitrogens with one attached hydrogen (secondary N) is 1. The summed E-state index contributed by atoms with van der Waals surface area (Å²) in [6.07, 6.45) is 1.50. The summed E-state index contributed by atoms with van der Waals surface area (Å²) in [5.74, 6) is -1.93. The molecule has 0 spiro atoms. The molecule has 2 rings (SSSR count). The average molecular weight is 341 g/mol. The molecule has 104 valence electrons. The van der Waals surface area contributed by atoms with Crippen LogP contribution >= 0.6 is 15.9 Å². The molecule has 0 unspecified atom stereocenters. The predicted octanol–water partition coefficient (Wildman–Crippen LogP) is 2.73. The van der Waals surface area contributed by atoms with E-state index in [0.29, 0.717) is 10.2 Å². The van der Waals surface area contributed by atoms with Crippen molar-refractivity contribution >= 4 is 33.5 Å². The number of hydrogen-bond donors (Lipinski definition) is 2. The zero-order valence-electron chi connectivity index (χ0n) is 10.1. The van der Waals surface area contributed by atoms with Crippen molar-refractivity contribution in [2.45, 2.75) is 6.54 Å². The van der Waals surface area contributed by atoms with Crippen LogP contribution in [0.3, 0.4) is 0 Å². The van der Waals surface area contributed by atoms with Gasteiger partial charge in [-0.15, -0.1) is 0 Å². The number of amides is 1. The first-order chi connectivity index (χ1) is 9.47. The highest BCUT2D eigenvalue weighted by atomic mass is 79.9. The molecule has 0 fully saturated rings. The molecule has 0 saturated carbocycles. The van der Waals surface area contributed by atoms with Gasteiger partial charge in [0.15, 0.2) is 0 Å². The molecule has 0 saturated heterocycles. The van der Waals surface area contributed by atoms with E-state index >= 15 is 0 Å². The van der Waals surface area contributed by atoms with Crippen LogP contribution in [0.1, 0.15) is 10.5 Å². The maximum absolute atomic E-state index is 12.9. The van der Waals surface area contributed by atoms with E-state index in [2.05, 4.69) is 21.2 Å². The first-order valence-electron chi connectivity index (χ1n) is 5.60. The SMILES string of the molecule is O=C(Cn1cccc1C(=O)O)Nc1ccc(F)cc1Br. The van der Waals surface area contributed by atoms with Gasteiger partial charge in [0.05, 0.1) is 5.69 Å². The quantitative estimate of drug-likeness (QED) is 0.898. The fourth-order valence-electron chi connectivity index (χ4n) is 1.68. The topological polar surface area (TPSA) is 71.3 Å². The number of halogens is 2. The lowest BCUT2D eigenvalue weighted by atomic mass is 10.3. The average Bonchev–Trinajstić information content (AvgIpc) is 2.81. The number of hydrogen-bond acceptors (Lipinski definition) is 2. The summed E-state index contributed by atoms with van der Waals surface area (Å²) in [7, 11) is 0. The third kappa shape index (κ3) is 3.24. The number of carboxylic acid groups (broad SMARTS) is 1. The molecule has 0 aliphatic carbocycles. The summed E-state index contributed by atoms with van der Waals surface area (Å²) in [6.45, 7) is -0.140. The van der Waals surface area contributed by atoms with E-state index in [4.69, 9.17) is 5.11 Å². The lowest BCUT2D eigenvalue weighted by Crippen LogP contribution is -2.21. The fraction of sp³-hybridized carbons (Fsp3) is 0.0769. The number of anilines is 1. The maximum Gasteiger partial charge on any atom is 0.352 e. The van der Waals surface area contributed by atoms with Crippen LogP contribution in [0.25, 0.3) is 0 Å².